The summed E-state index contributed by atoms with van der Waals surface area (Å²) in [6, 6.07) is 0. The zero-order valence-corrected chi connectivity index (χ0v) is 11.3. The van der Waals surface area contributed by atoms with E-state index in [9.17, 15) is 13.2 Å². The first-order valence-corrected chi connectivity index (χ1v) is 7.22. The Morgan fingerprint density at radius 1 is 1.41 bits per heavy atom. The maximum absolute atomic E-state index is 12.0. The minimum absolute atomic E-state index is 0.0714. The smallest absolute Gasteiger partial charge is 0.306 e. The highest BCUT2D eigenvalue weighted by atomic mass is 32.2. The van der Waals surface area contributed by atoms with E-state index in [2.05, 4.69) is 0 Å². The van der Waals surface area contributed by atoms with Gasteiger partial charge in [-0.05, 0) is 5.92 Å². The Hall–Kier alpha value is -0.660. The van der Waals surface area contributed by atoms with Crippen molar-refractivity contribution in [3.8, 4) is 0 Å². The van der Waals surface area contributed by atoms with Crippen LogP contribution in [0, 0.1) is 11.8 Å². The maximum atomic E-state index is 12.0. The molecular weight excluding hydrogens is 244 g/mol. The first kappa shape index (κ1) is 14.4. The summed E-state index contributed by atoms with van der Waals surface area (Å²) in [5.41, 5.74) is 0. The second-order valence-corrected chi connectivity index (χ2v) is 6.22. The summed E-state index contributed by atoms with van der Waals surface area (Å²) in [6.45, 7) is 6.70. The number of carbonyl (C=O) groups is 1. The Kier molecular flexibility index (Phi) is 4.51. The Morgan fingerprint density at radius 2 is 1.88 bits per heavy atom. The van der Waals surface area contributed by atoms with E-state index in [1.165, 1.54) is 8.61 Å². The molecule has 1 heterocycles. The number of nitrogens with zero attached hydrogens (tertiary/aromatic N) is 2. The molecule has 0 radical (unpaired) electrons. The SMILES string of the molecule is CCN(CC)S(=O)(=O)N1CC(C(C)C(=O)O)C1. The summed E-state index contributed by atoms with van der Waals surface area (Å²) in [5, 5.41) is 8.83. The molecule has 1 rings (SSSR count). The molecule has 0 bridgehead atoms. The van der Waals surface area contributed by atoms with Gasteiger partial charge in [0.25, 0.3) is 10.2 Å². The molecule has 1 N–H and O–H groups in total. The molecule has 1 saturated heterocycles. The lowest BCUT2D eigenvalue weighted by Gasteiger charge is -2.42. The van der Waals surface area contributed by atoms with E-state index in [-0.39, 0.29) is 5.92 Å². The summed E-state index contributed by atoms with van der Waals surface area (Å²) in [6.07, 6.45) is 0. The summed E-state index contributed by atoms with van der Waals surface area (Å²) in [7, 11) is -3.38. The van der Waals surface area contributed by atoms with Gasteiger partial charge in [0.15, 0.2) is 0 Å². The molecule has 0 aromatic carbocycles. The van der Waals surface area contributed by atoms with Crippen molar-refractivity contribution in [1.29, 1.82) is 0 Å². The van der Waals surface area contributed by atoms with Crippen LogP contribution >= 0.6 is 0 Å². The van der Waals surface area contributed by atoms with Gasteiger partial charge in [-0.1, -0.05) is 20.8 Å². The second kappa shape index (κ2) is 5.32. The molecule has 0 spiro atoms. The number of carboxylic acids is 1. The fourth-order valence-corrected chi connectivity index (χ4v) is 3.63. The molecule has 0 aliphatic carbocycles. The van der Waals surface area contributed by atoms with Gasteiger partial charge in [0, 0.05) is 26.2 Å². The van der Waals surface area contributed by atoms with Crippen LogP contribution in [0.3, 0.4) is 0 Å². The standard InChI is InChI=1S/C10H20N2O4S/c1-4-11(5-2)17(15,16)12-6-9(7-12)8(3)10(13)14/h8-9H,4-7H2,1-3H3,(H,13,14). The molecule has 7 heteroatoms. The molecule has 100 valence electrons. The van der Waals surface area contributed by atoms with E-state index in [1.807, 2.05) is 0 Å². The average molecular weight is 264 g/mol. The first-order chi connectivity index (χ1) is 7.84. The summed E-state index contributed by atoms with van der Waals surface area (Å²) in [4.78, 5) is 10.8. The molecule has 0 aromatic rings. The van der Waals surface area contributed by atoms with Crippen molar-refractivity contribution in [2.45, 2.75) is 20.8 Å². The van der Waals surface area contributed by atoms with Crippen molar-refractivity contribution in [2.75, 3.05) is 26.2 Å². The molecule has 0 aromatic heterocycles. The second-order valence-electron chi connectivity index (χ2n) is 4.30. The number of hydrogen-bond donors (Lipinski definition) is 1. The Bertz CT molecular complexity index is 372. The van der Waals surface area contributed by atoms with E-state index < -0.39 is 22.1 Å². The van der Waals surface area contributed by atoms with Crippen LogP contribution in [0.5, 0.6) is 0 Å². The Balaban J connectivity index is 2.60. The molecule has 1 unspecified atom stereocenters. The molecule has 0 saturated carbocycles. The molecular formula is C10H20N2O4S. The van der Waals surface area contributed by atoms with Gasteiger partial charge >= 0.3 is 5.97 Å². The van der Waals surface area contributed by atoms with Crippen molar-refractivity contribution in [3.05, 3.63) is 0 Å². The molecule has 6 nitrogen and oxygen atoms in total. The Labute approximate surface area is 102 Å². The molecule has 1 fully saturated rings. The largest absolute Gasteiger partial charge is 0.481 e. The topological polar surface area (TPSA) is 77.9 Å². The molecule has 17 heavy (non-hydrogen) atoms. The monoisotopic (exact) mass is 264 g/mol. The van der Waals surface area contributed by atoms with Gasteiger partial charge in [0.05, 0.1) is 5.92 Å². The average Bonchev–Trinajstić information content (AvgIpc) is 2.15. The van der Waals surface area contributed by atoms with Crippen molar-refractivity contribution in [2.24, 2.45) is 11.8 Å². The van der Waals surface area contributed by atoms with Crippen LogP contribution in [0.1, 0.15) is 20.8 Å². The normalized spacial score (nSPS) is 20.2. The maximum Gasteiger partial charge on any atom is 0.306 e. The lowest BCUT2D eigenvalue weighted by molar-refractivity contribution is -0.144. The van der Waals surface area contributed by atoms with Crippen molar-refractivity contribution >= 4 is 16.2 Å². The Morgan fingerprint density at radius 3 is 2.24 bits per heavy atom. The highest BCUT2D eigenvalue weighted by molar-refractivity contribution is 7.86. The van der Waals surface area contributed by atoms with Crippen LogP contribution in [0.2, 0.25) is 0 Å². The predicted octanol–water partition coefficient (Wildman–Crippen LogP) is 0.226. The van der Waals surface area contributed by atoms with Gasteiger partial charge in [-0.2, -0.15) is 17.0 Å². The summed E-state index contributed by atoms with van der Waals surface area (Å²) < 4.78 is 26.8. The number of carboxylic acid groups (broad SMARTS) is 1. The number of aliphatic carboxylic acids is 1. The minimum Gasteiger partial charge on any atom is -0.481 e. The van der Waals surface area contributed by atoms with E-state index in [4.69, 9.17) is 5.11 Å². The highest BCUT2D eigenvalue weighted by Crippen LogP contribution is 2.27. The quantitative estimate of drug-likeness (QED) is 0.744. The van der Waals surface area contributed by atoms with Crippen LogP contribution in [-0.2, 0) is 15.0 Å². The van der Waals surface area contributed by atoms with Crippen LogP contribution in [-0.4, -0.2) is 54.3 Å². The highest BCUT2D eigenvalue weighted by Gasteiger charge is 2.42. The van der Waals surface area contributed by atoms with Crippen molar-refractivity contribution < 1.29 is 18.3 Å². The molecule has 1 atom stereocenters. The fraction of sp³-hybridized carbons (Fsp3) is 0.900. The van der Waals surface area contributed by atoms with E-state index in [1.54, 1.807) is 20.8 Å². The fourth-order valence-electron chi connectivity index (χ4n) is 1.89. The summed E-state index contributed by atoms with van der Waals surface area (Å²) in [5.74, 6) is -1.43. The van der Waals surface area contributed by atoms with Gasteiger partial charge in [-0.15, -0.1) is 0 Å². The first-order valence-electron chi connectivity index (χ1n) is 5.82. The third-order valence-corrected chi connectivity index (χ3v) is 5.45. The van der Waals surface area contributed by atoms with E-state index in [0.29, 0.717) is 26.2 Å². The van der Waals surface area contributed by atoms with Crippen LogP contribution < -0.4 is 0 Å². The van der Waals surface area contributed by atoms with Gasteiger partial charge in [0.1, 0.15) is 0 Å². The zero-order chi connectivity index (χ0) is 13.2. The van der Waals surface area contributed by atoms with Gasteiger partial charge in [0.2, 0.25) is 0 Å². The lowest BCUT2D eigenvalue weighted by atomic mass is 9.89. The summed E-state index contributed by atoms with van der Waals surface area (Å²) >= 11 is 0. The van der Waals surface area contributed by atoms with Crippen molar-refractivity contribution in [1.82, 2.24) is 8.61 Å². The van der Waals surface area contributed by atoms with Crippen LogP contribution in [0.4, 0.5) is 0 Å². The van der Waals surface area contributed by atoms with Gasteiger partial charge in [-0.3, -0.25) is 4.79 Å². The predicted molar refractivity (Wildman–Crippen MR) is 63.7 cm³/mol. The third-order valence-electron chi connectivity index (χ3n) is 3.33. The molecule has 0 amide bonds. The van der Waals surface area contributed by atoms with Crippen LogP contribution in [0.15, 0.2) is 0 Å². The molecule has 1 aliphatic rings. The zero-order valence-electron chi connectivity index (χ0n) is 10.5. The minimum atomic E-state index is -3.38. The van der Waals surface area contributed by atoms with Gasteiger partial charge in [-0.25, -0.2) is 0 Å². The molecule has 1 aliphatic heterocycles. The third kappa shape index (κ3) is 2.78. The number of hydrogen-bond acceptors (Lipinski definition) is 3. The lowest BCUT2D eigenvalue weighted by Crippen LogP contribution is -2.57. The van der Waals surface area contributed by atoms with E-state index >= 15 is 0 Å². The number of rotatable bonds is 6. The van der Waals surface area contributed by atoms with E-state index in [0.717, 1.165) is 0 Å². The van der Waals surface area contributed by atoms with Crippen LogP contribution in [0.25, 0.3) is 0 Å². The van der Waals surface area contributed by atoms with Crippen molar-refractivity contribution in [3.63, 3.8) is 0 Å². The van der Waals surface area contributed by atoms with Gasteiger partial charge < -0.3 is 5.11 Å².